The molecular weight excluding hydrogens is 324 g/mol. The lowest BCUT2D eigenvalue weighted by atomic mass is 10.2. The topological polar surface area (TPSA) is 80.0 Å². The third-order valence-electron chi connectivity index (χ3n) is 2.69. The van der Waals surface area contributed by atoms with Crippen molar-refractivity contribution in [1.82, 2.24) is 15.0 Å². The lowest BCUT2D eigenvalue weighted by Crippen LogP contribution is -2.19. The van der Waals surface area contributed by atoms with E-state index in [0.29, 0.717) is 11.4 Å². The summed E-state index contributed by atoms with van der Waals surface area (Å²) in [6, 6.07) is 5.68. The molecule has 1 unspecified atom stereocenters. The molecule has 2 aromatic rings. The molecule has 0 spiro atoms. The largest absolute Gasteiger partial charge is 0.387 e. The van der Waals surface area contributed by atoms with E-state index >= 15 is 0 Å². The number of halogens is 1. The van der Waals surface area contributed by atoms with E-state index in [-0.39, 0.29) is 12.5 Å². The number of aliphatic hydroxyl groups is 1. The smallest absolute Gasteiger partial charge is 0.246 e. The standard InChI is InChI=1S/C13H15BrN4O2/c1-8-3-4-11(10(14)5-8)15-13(20)7-18-6-12(9(2)19)16-17-18/h3-6,9,19H,7H2,1-2H3,(H,15,20). The molecular formula is C13H15BrN4O2. The van der Waals surface area contributed by atoms with Crippen LogP contribution in [0.25, 0.3) is 0 Å². The molecule has 1 atom stereocenters. The van der Waals surface area contributed by atoms with Crippen molar-refractivity contribution in [2.24, 2.45) is 0 Å². The quantitative estimate of drug-likeness (QED) is 0.893. The predicted molar refractivity (Wildman–Crippen MR) is 78.2 cm³/mol. The fourth-order valence-electron chi connectivity index (χ4n) is 1.64. The molecule has 2 rings (SSSR count). The summed E-state index contributed by atoms with van der Waals surface area (Å²) in [5.74, 6) is -0.211. The van der Waals surface area contributed by atoms with Gasteiger partial charge >= 0.3 is 0 Å². The van der Waals surface area contributed by atoms with Gasteiger partial charge < -0.3 is 10.4 Å². The number of benzene rings is 1. The Morgan fingerprint density at radius 1 is 1.55 bits per heavy atom. The maximum absolute atomic E-state index is 11.9. The molecule has 0 bridgehead atoms. The SMILES string of the molecule is Cc1ccc(NC(=O)Cn2cc(C(C)O)nn2)c(Br)c1. The summed E-state index contributed by atoms with van der Waals surface area (Å²) < 4.78 is 2.22. The zero-order chi connectivity index (χ0) is 14.7. The van der Waals surface area contributed by atoms with Crippen molar-refractivity contribution in [3.8, 4) is 0 Å². The van der Waals surface area contributed by atoms with Crippen LogP contribution in [-0.4, -0.2) is 26.0 Å². The highest BCUT2D eigenvalue weighted by Gasteiger charge is 2.10. The summed E-state index contributed by atoms with van der Waals surface area (Å²) in [6.07, 6.45) is 0.854. The van der Waals surface area contributed by atoms with Gasteiger partial charge in [-0.1, -0.05) is 11.3 Å². The molecule has 0 aliphatic heterocycles. The maximum atomic E-state index is 11.9. The van der Waals surface area contributed by atoms with E-state index in [0.717, 1.165) is 10.0 Å². The number of aromatic nitrogens is 3. The van der Waals surface area contributed by atoms with Gasteiger partial charge in [0.05, 0.1) is 18.0 Å². The summed E-state index contributed by atoms with van der Waals surface area (Å²) in [7, 11) is 0. The molecule has 0 aliphatic rings. The lowest BCUT2D eigenvalue weighted by Gasteiger charge is -2.07. The van der Waals surface area contributed by atoms with Crippen LogP contribution in [0.4, 0.5) is 5.69 Å². The number of amides is 1. The van der Waals surface area contributed by atoms with Gasteiger partial charge in [0.25, 0.3) is 0 Å². The van der Waals surface area contributed by atoms with E-state index in [9.17, 15) is 9.90 Å². The first kappa shape index (κ1) is 14.7. The summed E-state index contributed by atoms with van der Waals surface area (Å²) >= 11 is 3.40. The zero-order valence-electron chi connectivity index (χ0n) is 11.2. The maximum Gasteiger partial charge on any atom is 0.246 e. The van der Waals surface area contributed by atoms with Crippen molar-refractivity contribution in [2.45, 2.75) is 26.5 Å². The van der Waals surface area contributed by atoms with E-state index in [4.69, 9.17) is 0 Å². The van der Waals surface area contributed by atoms with E-state index < -0.39 is 6.10 Å². The van der Waals surface area contributed by atoms with Crippen molar-refractivity contribution in [3.63, 3.8) is 0 Å². The number of carbonyl (C=O) groups excluding carboxylic acids is 1. The van der Waals surface area contributed by atoms with Crippen LogP contribution in [0.2, 0.25) is 0 Å². The molecule has 0 saturated heterocycles. The molecule has 1 aromatic carbocycles. The van der Waals surface area contributed by atoms with Crippen LogP contribution < -0.4 is 5.32 Å². The van der Waals surface area contributed by atoms with Crippen LogP contribution >= 0.6 is 15.9 Å². The predicted octanol–water partition coefficient (Wildman–Crippen LogP) is 2.04. The number of hydrogen-bond acceptors (Lipinski definition) is 4. The third-order valence-corrected chi connectivity index (χ3v) is 3.34. The van der Waals surface area contributed by atoms with Gasteiger partial charge in [0.2, 0.25) is 5.91 Å². The third kappa shape index (κ3) is 3.64. The molecule has 20 heavy (non-hydrogen) atoms. The van der Waals surface area contributed by atoms with Gasteiger partial charge in [-0.15, -0.1) is 5.10 Å². The first-order valence-corrected chi connectivity index (χ1v) is 6.89. The van der Waals surface area contributed by atoms with Crippen molar-refractivity contribution in [1.29, 1.82) is 0 Å². The van der Waals surface area contributed by atoms with Crippen LogP contribution in [0, 0.1) is 6.92 Å². The number of carbonyl (C=O) groups is 1. The highest BCUT2D eigenvalue weighted by molar-refractivity contribution is 9.10. The summed E-state index contributed by atoms with van der Waals surface area (Å²) in [5, 5.41) is 19.7. The van der Waals surface area contributed by atoms with Crippen LogP contribution in [0.3, 0.4) is 0 Å². The number of nitrogens with one attached hydrogen (secondary N) is 1. The van der Waals surface area contributed by atoms with Gasteiger partial charge in [-0.3, -0.25) is 4.79 Å². The second kappa shape index (κ2) is 6.15. The minimum absolute atomic E-state index is 0.0417. The van der Waals surface area contributed by atoms with Gasteiger partial charge in [-0.05, 0) is 47.5 Å². The Balaban J connectivity index is 2.01. The minimum Gasteiger partial charge on any atom is -0.387 e. The molecule has 6 nitrogen and oxygen atoms in total. The Morgan fingerprint density at radius 2 is 2.30 bits per heavy atom. The second-order valence-corrected chi connectivity index (χ2v) is 5.40. The van der Waals surface area contributed by atoms with Crippen molar-refractivity contribution in [2.75, 3.05) is 5.32 Å². The van der Waals surface area contributed by atoms with E-state index in [1.165, 1.54) is 4.68 Å². The van der Waals surface area contributed by atoms with Crippen LogP contribution in [0.1, 0.15) is 24.3 Å². The molecule has 1 heterocycles. The second-order valence-electron chi connectivity index (χ2n) is 4.55. The van der Waals surface area contributed by atoms with Gasteiger partial charge in [0.15, 0.2) is 0 Å². The monoisotopic (exact) mass is 338 g/mol. The summed E-state index contributed by atoms with van der Waals surface area (Å²) in [5.41, 5.74) is 2.25. The Morgan fingerprint density at radius 3 is 2.90 bits per heavy atom. The molecule has 0 radical (unpaired) electrons. The van der Waals surface area contributed by atoms with Crippen molar-refractivity contribution >= 4 is 27.5 Å². The number of aryl methyl sites for hydroxylation is 1. The van der Waals surface area contributed by atoms with Crippen LogP contribution in [0.15, 0.2) is 28.9 Å². The molecule has 106 valence electrons. The van der Waals surface area contributed by atoms with Gasteiger partial charge in [0.1, 0.15) is 12.2 Å². The number of aliphatic hydroxyl groups excluding tert-OH is 1. The normalized spacial score (nSPS) is 12.2. The summed E-state index contributed by atoms with van der Waals surface area (Å²) in [4.78, 5) is 11.9. The van der Waals surface area contributed by atoms with E-state index in [1.807, 2.05) is 25.1 Å². The number of hydrogen-bond donors (Lipinski definition) is 2. The lowest BCUT2D eigenvalue weighted by molar-refractivity contribution is -0.116. The van der Waals surface area contributed by atoms with Gasteiger partial charge in [-0.2, -0.15) is 0 Å². The Hall–Kier alpha value is -1.73. The van der Waals surface area contributed by atoms with Crippen LogP contribution in [0.5, 0.6) is 0 Å². The Labute approximate surface area is 124 Å². The molecule has 1 amide bonds. The highest BCUT2D eigenvalue weighted by Crippen LogP contribution is 2.23. The van der Waals surface area contributed by atoms with E-state index in [1.54, 1.807) is 13.1 Å². The van der Waals surface area contributed by atoms with E-state index in [2.05, 4.69) is 31.6 Å². The Kier molecular flexibility index (Phi) is 4.51. The number of nitrogens with zero attached hydrogens (tertiary/aromatic N) is 3. The first-order chi connectivity index (χ1) is 9.45. The van der Waals surface area contributed by atoms with Crippen LogP contribution in [-0.2, 0) is 11.3 Å². The zero-order valence-corrected chi connectivity index (χ0v) is 12.8. The average Bonchev–Trinajstić information content (AvgIpc) is 2.81. The fraction of sp³-hybridized carbons (Fsp3) is 0.308. The average molecular weight is 339 g/mol. The van der Waals surface area contributed by atoms with Gasteiger partial charge in [0, 0.05) is 4.47 Å². The van der Waals surface area contributed by atoms with Crippen molar-refractivity contribution in [3.05, 3.63) is 40.1 Å². The van der Waals surface area contributed by atoms with Gasteiger partial charge in [-0.25, -0.2) is 4.68 Å². The molecule has 0 fully saturated rings. The molecule has 7 heteroatoms. The molecule has 0 aliphatic carbocycles. The number of rotatable bonds is 4. The Bertz CT molecular complexity index is 625. The summed E-state index contributed by atoms with van der Waals surface area (Å²) in [6.45, 7) is 3.61. The number of anilines is 1. The van der Waals surface area contributed by atoms with Crippen molar-refractivity contribution < 1.29 is 9.90 Å². The molecule has 0 saturated carbocycles. The first-order valence-electron chi connectivity index (χ1n) is 6.10. The highest BCUT2D eigenvalue weighted by atomic mass is 79.9. The fourth-order valence-corrected chi connectivity index (χ4v) is 2.23. The molecule has 2 N–H and O–H groups in total. The minimum atomic E-state index is -0.696. The molecule has 1 aromatic heterocycles.